The summed E-state index contributed by atoms with van der Waals surface area (Å²) in [6, 6.07) is 16.1. The van der Waals surface area contributed by atoms with Gasteiger partial charge in [0.1, 0.15) is 17.6 Å². The van der Waals surface area contributed by atoms with E-state index in [0.29, 0.717) is 35.0 Å². The van der Waals surface area contributed by atoms with Crippen molar-refractivity contribution in [2.75, 3.05) is 16.8 Å². The van der Waals surface area contributed by atoms with E-state index in [9.17, 15) is 19.5 Å². The second-order valence-corrected chi connectivity index (χ2v) is 8.99. The Hall–Kier alpha value is -4.46. The second-order valence-electron chi connectivity index (χ2n) is 8.99. The summed E-state index contributed by atoms with van der Waals surface area (Å²) in [5.74, 6) is -1.28. The van der Waals surface area contributed by atoms with Crippen molar-refractivity contribution in [2.45, 2.75) is 39.7 Å². The highest BCUT2D eigenvalue weighted by molar-refractivity contribution is 6.51. The number of ether oxygens (including phenoxy) is 1. The summed E-state index contributed by atoms with van der Waals surface area (Å²) in [6.45, 7) is 7.82. The molecule has 8 heteroatoms. The summed E-state index contributed by atoms with van der Waals surface area (Å²) in [7, 11) is 0. The van der Waals surface area contributed by atoms with Crippen molar-refractivity contribution >= 4 is 34.7 Å². The van der Waals surface area contributed by atoms with Crippen LogP contribution in [0.2, 0.25) is 0 Å². The van der Waals surface area contributed by atoms with Crippen LogP contribution in [0.25, 0.3) is 5.76 Å². The summed E-state index contributed by atoms with van der Waals surface area (Å²) >= 11 is 0. The number of aromatic nitrogens is 1. The molecule has 0 saturated carbocycles. The Bertz CT molecular complexity index is 1360. The van der Waals surface area contributed by atoms with Gasteiger partial charge in [0.05, 0.1) is 17.9 Å². The number of benzene rings is 2. The van der Waals surface area contributed by atoms with Crippen molar-refractivity contribution in [3.05, 3.63) is 89.3 Å². The SMILES string of the molecule is CCOc1ccc(/C(O)=C2/C(=O)C(=O)N(c3ccc(NC(C)=O)cc3)C2c2ccccn2)cc1C(C)C. The van der Waals surface area contributed by atoms with Crippen molar-refractivity contribution in [1.29, 1.82) is 0 Å². The van der Waals surface area contributed by atoms with Crippen molar-refractivity contribution in [3.8, 4) is 5.75 Å². The number of aliphatic hydroxyl groups excluding tert-OH is 1. The number of nitrogens with one attached hydrogen (secondary N) is 1. The summed E-state index contributed by atoms with van der Waals surface area (Å²) in [5.41, 5.74) is 2.66. The number of carbonyl (C=O) groups excluding carboxylic acids is 3. The Morgan fingerprint density at radius 2 is 1.84 bits per heavy atom. The molecule has 2 amide bonds. The highest BCUT2D eigenvalue weighted by Gasteiger charge is 2.47. The van der Waals surface area contributed by atoms with Gasteiger partial charge in [-0.3, -0.25) is 24.3 Å². The van der Waals surface area contributed by atoms with Crippen LogP contribution in [0.4, 0.5) is 11.4 Å². The molecule has 4 rings (SSSR count). The fourth-order valence-corrected chi connectivity index (χ4v) is 4.41. The number of anilines is 2. The third-order valence-corrected chi connectivity index (χ3v) is 6.08. The third-order valence-electron chi connectivity index (χ3n) is 6.08. The molecule has 1 aromatic heterocycles. The number of hydrogen-bond donors (Lipinski definition) is 2. The number of rotatable bonds is 7. The van der Waals surface area contributed by atoms with E-state index in [-0.39, 0.29) is 23.2 Å². The minimum absolute atomic E-state index is 0.0477. The summed E-state index contributed by atoms with van der Waals surface area (Å²) in [4.78, 5) is 43.8. The van der Waals surface area contributed by atoms with E-state index in [4.69, 9.17) is 4.74 Å². The zero-order valence-corrected chi connectivity index (χ0v) is 21.2. The number of pyridine rings is 1. The smallest absolute Gasteiger partial charge is 0.300 e. The van der Waals surface area contributed by atoms with Gasteiger partial charge >= 0.3 is 0 Å². The van der Waals surface area contributed by atoms with Crippen molar-refractivity contribution in [1.82, 2.24) is 4.98 Å². The van der Waals surface area contributed by atoms with Crippen molar-refractivity contribution in [2.24, 2.45) is 0 Å². The first-order chi connectivity index (χ1) is 17.7. The molecule has 0 bridgehead atoms. The van der Waals surface area contributed by atoms with E-state index in [2.05, 4.69) is 10.3 Å². The summed E-state index contributed by atoms with van der Waals surface area (Å²) in [6.07, 6.45) is 1.57. The Balaban J connectivity index is 1.86. The van der Waals surface area contributed by atoms with Gasteiger partial charge in [-0.1, -0.05) is 19.9 Å². The molecular formula is C29H29N3O5. The number of aliphatic hydroxyl groups is 1. The second kappa shape index (κ2) is 10.7. The minimum Gasteiger partial charge on any atom is -0.507 e. The van der Waals surface area contributed by atoms with Gasteiger partial charge < -0.3 is 15.2 Å². The van der Waals surface area contributed by atoms with Crippen LogP contribution in [-0.2, 0) is 14.4 Å². The molecule has 1 fully saturated rings. The molecule has 1 unspecified atom stereocenters. The van der Waals surface area contributed by atoms with E-state index in [1.807, 2.05) is 20.8 Å². The fourth-order valence-electron chi connectivity index (χ4n) is 4.41. The average Bonchev–Trinajstić information content (AvgIpc) is 3.15. The van der Waals surface area contributed by atoms with E-state index in [0.717, 1.165) is 5.56 Å². The molecule has 8 nitrogen and oxygen atoms in total. The van der Waals surface area contributed by atoms with Gasteiger partial charge in [0.15, 0.2) is 0 Å². The van der Waals surface area contributed by atoms with Crippen LogP contribution in [0, 0.1) is 0 Å². The topological polar surface area (TPSA) is 109 Å². The quantitative estimate of drug-likeness (QED) is 0.263. The van der Waals surface area contributed by atoms with Crippen LogP contribution in [0.5, 0.6) is 5.75 Å². The van der Waals surface area contributed by atoms with Crippen LogP contribution in [0.15, 0.2) is 72.4 Å². The molecule has 3 aromatic rings. The number of amides is 2. The van der Waals surface area contributed by atoms with Crippen LogP contribution in [-0.4, -0.2) is 34.3 Å². The Kier molecular flexibility index (Phi) is 7.38. The number of hydrogen-bond acceptors (Lipinski definition) is 6. The lowest BCUT2D eigenvalue weighted by Gasteiger charge is -2.25. The molecule has 0 radical (unpaired) electrons. The zero-order chi connectivity index (χ0) is 26.7. The van der Waals surface area contributed by atoms with E-state index in [1.54, 1.807) is 66.9 Å². The van der Waals surface area contributed by atoms with Crippen LogP contribution < -0.4 is 15.0 Å². The molecule has 0 spiro atoms. The molecule has 1 aliphatic heterocycles. The summed E-state index contributed by atoms with van der Waals surface area (Å²) in [5, 5.41) is 14.1. The van der Waals surface area contributed by atoms with E-state index < -0.39 is 17.7 Å². The molecule has 1 aliphatic rings. The standard InChI is InChI=1S/C29H29N3O5/c1-5-37-24-14-9-19(16-22(24)17(2)3)27(34)25-26(23-8-6-7-15-30-23)32(29(36)28(25)35)21-12-10-20(11-13-21)31-18(4)33/h6-17,26,34H,5H2,1-4H3,(H,31,33)/b27-25-. The van der Waals surface area contributed by atoms with Gasteiger partial charge in [0.25, 0.3) is 11.7 Å². The average molecular weight is 500 g/mol. The maximum absolute atomic E-state index is 13.4. The minimum atomic E-state index is -0.943. The first-order valence-electron chi connectivity index (χ1n) is 12.1. The van der Waals surface area contributed by atoms with Gasteiger partial charge in [0, 0.05) is 30.1 Å². The molecule has 190 valence electrons. The number of carbonyl (C=O) groups is 3. The lowest BCUT2D eigenvalue weighted by Crippen LogP contribution is -2.29. The van der Waals surface area contributed by atoms with E-state index >= 15 is 0 Å². The van der Waals surface area contributed by atoms with Gasteiger partial charge in [-0.25, -0.2) is 0 Å². The Morgan fingerprint density at radius 3 is 2.43 bits per heavy atom. The molecular weight excluding hydrogens is 470 g/mol. The zero-order valence-electron chi connectivity index (χ0n) is 21.2. The lowest BCUT2D eigenvalue weighted by molar-refractivity contribution is -0.132. The first-order valence-corrected chi connectivity index (χ1v) is 12.1. The molecule has 1 atom stereocenters. The summed E-state index contributed by atoms with van der Waals surface area (Å²) < 4.78 is 5.73. The Labute approximate surface area is 215 Å². The van der Waals surface area contributed by atoms with E-state index in [1.165, 1.54) is 11.8 Å². The fraction of sp³-hybridized carbons (Fsp3) is 0.241. The van der Waals surface area contributed by atoms with Crippen LogP contribution in [0.3, 0.4) is 0 Å². The maximum atomic E-state index is 13.4. The van der Waals surface area contributed by atoms with Crippen molar-refractivity contribution in [3.63, 3.8) is 0 Å². The van der Waals surface area contributed by atoms with Gasteiger partial charge in [-0.05, 0) is 73.0 Å². The van der Waals surface area contributed by atoms with Crippen LogP contribution >= 0.6 is 0 Å². The predicted molar refractivity (Wildman–Crippen MR) is 141 cm³/mol. The highest BCUT2D eigenvalue weighted by Crippen LogP contribution is 2.42. The van der Waals surface area contributed by atoms with Gasteiger partial charge in [-0.15, -0.1) is 0 Å². The lowest BCUT2D eigenvalue weighted by atomic mass is 9.94. The number of nitrogens with zero attached hydrogens (tertiary/aromatic N) is 2. The largest absolute Gasteiger partial charge is 0.507 e. The molecule has 2 heterocycles. The van der Waals surface area contributed by atoms with Gasteiger partial charge in [0.2, 0.25) is 5.91 Å². The molecule has 37 heavy (non-hydrogen) atoms. The third kappa shape index (κ3) is 5.09. The maximum Gasteiger partial charge on any atom is 0.300 e. The normalized spacial score (nSPS) is 16.8. The monoisotopic (exact) mass is 499 g/mol. The molecule has 1 saturated heterocycles. The predicted octanol–water partition coefficient (Wildman–Crippen LogP) is 5.19. The molecule has 2 aromatic carbocycles. The van der Waals surface area contributed by atoms with Crippen molar-refractivity contribution < 1.29 is 24.2 Å². The first kappa shape index (κ1) is 25.6. The van der Waals surface area contributed by atoms with Gasteiger partial charge in [-0.2, -0.15) is 0 Å². The molecule has 0 aliphatic carbocycles. The molecule has 2 N–H and O–H groups in total. The number of ketones is 1. The highest BCUT2D eigenvalue weighted by atomic mass is 16.5. The Morgan fingerprint density at radius 1 is 1.11 bits per heavy atom. The van der Waals surface area contributed by atoms with Crippen LogP contribution in [0.1, 0.15) is 56.5 Å². The number of Topliss-reactive ketones (excluding diaryl/α,β-unsaturated/α-hetero) is 1.